The predicted molar refractivity (Wildman–Crippen MR) is 130 cm³/mol. The third-order valence-electron chi connectivity index (χ3n) is 5.14. The molecule has 2 aliphatic rings. The Balaban J connectivity index is 1.34. The topological polar surface area (TPSA) is 91.0 Å². The zero-order valence-electron chi connectivity index (χ0n) is 17.7. The van der Waals surface area contributed by atoms with Crippen LogP contribution in [0.2, 0.25) is 0 Å². The number of hydrogen-bond donors (Lipinski definition) is 1. The molecule has 1 aromatic heterocycles. The third kappa shape index (κ3) is 4.33. The molecule has 1 unspecified atom stereocenters. The number of ether oxygens (including phenoxy) is 1. The number of thioether (sulfide) groups is 1. The molecule has 3 heterocycles. The Labute approximate surface area is 195 Å². The van der Waals surface area contributed by atoms with E-state index in [1.807, 2.05) is 73.7 Å². The van der Waals surface area contributed by atoms with Gasteiger partial charge in [-0.3, -0.25) is 15.2 Å². The summed E-state index contributed by atoms with van der Waals surface area (Å²) in [7, 11) is 0. The number of pyridine rings is 1. The Morgan fingerprint density at radius 1 is 1.06 bits per heavy atom. The Morgan fingerprint density at radius 2 is 1.85 bits per heavy atom. The number of fused-ring (bicyclic) bond motifs is 1. The maximum absolute atomic E-state index is 12.6. The molecule has 0 saturated carbocycles. The van der Waals surface area contributed by atoms with Crippen LogP contribution in [0.3, 0.4) is 0 Å². The second-order valence-corrected chi connectivity index (χ2v) is 8.36. The van der Waals surface area contributed by atoms with E-state index in [0.717, 1.165) is 22.4 Å². The van der Waals surface area contributed by atoms with E-state index < -0.39 is 5.91 Å². The number of carbonyl (C=O) groups excluding carboxylic acids is 1. The van der Waals surface area contributed by atoms with Crippen LogP contribution in [-0.4, -0.2) is 31.9 Å². The van der Waals surface area contributed by atoms with Gasteiger partial charge in [0.1, 0.15) is 16.9 Å². The maximum atomic E-state index is 12.6. The van der Waals surface area contributed by atoms with Crippen LogP contribution in [0, 0.1) is 5.41 Å². The molecule has 1 N–H and O–H groups in total. The molecule has 3 aromatic rings. The van der Waals surface area contributed by atoms with Gasteiger partial charge in [0.15, 0.2) is 5.84 Å². The summed E-state index contributed by atoms with van der Waals surface area (Å²) in [5.41, 5.74) is 2.85. The van der Waals surface area contributed by atoms with Crippen LogP contribution in [0.4, 0.5) is 0 Å². The second-order valence-electron chi connectivity index (χ2n) is 7.41. The highest BCUT2D eigenvalue weighted by molar-refractivity contribution is 8.27. The van der Waals surface area contributed by atoms with Crippen molar-refractivity contribution >= 4 is 39.8 Å². The molecule has 5 rings (SSSR count). The fourth-order valence-electron chi connectivity index (χ4n) is 3.40. The number of hydrogen-bond acceptors (Lipinski definition) is 6. The number of benzene rings is 2. The number of hydrazone groups is 1. The van der Waals surface area contributed by atoms with Crippen molar-refractivity contribution in [3.8, 4) is 5.75 Å². The predicted octanol–water partition coefficient (Wildman–Crippen LogP) is 4.89. The minimum atomic E-state index is -0.459. The molecule has 33 heavy (non-hydrogen) atoms. The standard InChI is InChI=1S/C25H19N5O2S/c1-16(18-6-3-2-4-7-18)32-20-11-9-17(10-12-20)14-21-22(26)30-25(28-23(21)31)33-24(29-30)19-8-5-13-27-15-19/h2-16,26H,1H3. The van der Waals surface area contributed by atoms with Gasteiger partial charge in [0.2, 0.25) is 5.17 Å². The van der Waals surface area contributed by atoms with Crippen LogP contribution >= 0.6 is 11.8 Å². The Kier molecular flexibility index (Phi) is 5.58. The van der Waals surface area contributed by atoms with Gasteiger partial charge in [-0.1, -0.05) is 42.5 Å². The van der Waals surface area contributed by atoms with E-state index in [2.05, 4.69) is 15.1 Å². The number of amides is 1. The molecule has 2 aliphatic heterocycles. The highest BCUT2D eigenvalue weighted by Crippen LogP contribution is 2.31. The van der Waals surface area contributed by atoms with Crippen molar-refractivity contribution < 1.29 is 9.53 Å². The first kappa shape index (κ1) is 20.8. The summed E-state index contributed by atoms with van der Waals surface area (Å²) in [6, 6.07) is 21.1. The van der Waals surface area contributed by atoms with Gasteiger partial charge >= 0.3 is 0 Å². The van der Waals surface area contributed by atoms with E-state index in [-0.39, 0.29) is 17.5 Å². The summed E-state index contributed by atoms with van der Waals surface area (Å²) in [5.74, 6) is 0.259. The highest BCUT2D eigenvalue weighted by atomic mass is 32.2. The lowest BCUT2D eigenvalue weighted by Crippen LogP contribution is -2.35. The van der Waals surface area contributed by atoms with Gasteiger partial charge < -0.3 is 4.74 Å². The minimum Gasteiger partial charge on any atom is -0.486 e. The molecule has 0 spiro atoms. The third-order valence-corrected chi connectivity index (χ3v) is 6.09. The van der Waals surface area contributed by atoms with Crippen LogP contribution in [0.25, 0.3) is 6.08 Å². The molecule has 0 radical (unpaired) electrons. The van der Waals surface area contributed by atoms with E-state index in [9.17, 15) is 4.79 Å². The maximum Gasteiger partial charge on any atom is 0.283 e. The van der Waals surface area contributed by atoms with Crippen LogP contribution < -0.4 is 4.74 Å². The van der Waals surface area contributed by atoms with Crippen LogP contribution in [-0.2, 0) is 4.79 Å². The molecule has 1 atom stereocenters. The SMILES string of the molecule is CC(Oc1ccc(C=C2C(=N)N3N=C(c4cccnc4)SC3=NC2=O)cc1)c1ccccc1. The number of nitrogens with zero attached hydrogens (tertiary/aromatic N) is 4. The number of aliphatic imine (C=N–C) groups is 1. The fraction of sp³-hybridized carbons (Fsp3) is 0.0800. The lowest BCUT2D eigenvalue weighted by molar-refractivity contribution is -0.114. The van der Waals surface area contributed by atoms with Gasteiger partial charge in [0, 0.05) is 18.0 Å². The monoisotopic (exact) mass is 453 g/mol. The Bertz CT molecular complexity index is 1300. The van der Waals surface area contributed by atoms with Gasteiger partial charge in [-0.25, -0.2) is 0 Å². The fourth-order valence-corrected chi connectivity index (χ4v) is 4.28. The van der Waals surface area contributed by atoms with Crippen molar-refractivity contribution in [2.75, 3.05) is 0 Å². The van der Waals surface area contributed by atoms with E-state index >= 15 is 0 Å². The number of carbonyl (C=O) groups is 1. The van der Waals surface area contributed by atoms with Gasteiger partial charge in [-0.05, 0) is 60.2 Å². The molecule has 0 bridgehead atoms. The Hall–Kier alpha value is -4.04. The van der Waals surface area contributed by atoms with Crippen molar-refractivity contribution in [2.24, 2.45) is 10.1 Å². The van der Waals surface area contributed by atoms with Crippen LogP contribution in [0.15, 0.2) is 94.8 Å². The summed E-state index contributed by atoms with van der Waals surface area (Å²) in [6.45, 7) is 2.00. The minimum absolute atomic E-state index is 0.00517. The van der Waals surface area contributed by atoms with E-state index in [1.165, 1.54) is 16.8 Å². The van der Waals surface area contributed by atoms with E-state index in [0.29, 0.717) is 10.2 Å². The summed E-state index contributed by atoms with van der Waals surface area (Å²) in [5, 5.41) is 15.4. The highest BCUT2D eigenvalue weighted by Gasteiger charge is 2.36. The molecule has 2 aromatic carbocycles. The first-order valence-electron chi connectivity index (χ1n) is 10.3. The van der Waals surface area contributed by atoms with E-state index in [4.69, 9.17) is 10.1 Å². The first-order chi connectivity index (χ1) is 16.1. The summed E-state index contributed by atoms with van der Waals surface area (Å²) < 4.78 is 6.01. The lowest BCUT2D eigenvalue weighted by atomic mass is 10.1. The van der Waals surface area contributed by atoms with Crippen LogP contribution in [0.5, 0.6) is 5.75 Å². The number of amidine groups is 2. The normalized spacial score (nSPS) is 17.5. The van der Waals surface area contributed by atoms with Crippen molar-refractivity contribution in [1.29, 1.82) is 5.41 Å². The first-order valence-corrected chi connectivity index (χ1v) is 11.1. The Morgan fingerprint density at radius 3 is 2.58 bits per heavy atom. The summed E-state index contributed by atoms with van der Waals surface area (Å²) in [4.78, 5) is 20.9. The van der Waals surface area contributed by atoms with Gasteiger partial charge in [0.05, 0.1) is 5.57 Å². The molecule has 0 saturated heterocycles. The molecule has 0 aliphatic carbocycles. The van der Waals surface area contributed by atoms with Gasteiger partial charge in [-0.2, -0.15) is 15.1 Å². The number of rotatable bonds is 5. The molecule has 0 fully saturated rings. The summed E-state index contributed by atoms with van der Waals surface area (Å²) in [6.07, 6.45) is 4.93. The quantitative estimate of drug-likeness (QED) is 0.556. The van der Waals surface area contributed by atoms with Crippen molar-refractivity contribution in [2.45, 2.75) is 13.0 Å². The van der Waals surface area contributed by atoms with Crippen LogP contribution in [0.1, 0.15) is 29.7 Å². The van der Waals surface area contributed by atoms with Crippen molar-refractivity contribution in [1.82, 2.24) is 9.99 Å². The van der Waals surface area contributed by atoms with Crippen molar-refractivity contribution in [3.05, 3.63) is 101 Å². The summed E-state index contributed by atoms with van der Waals surface area (Å²) >= 11 is 1.25. The van der Waals surface area contributed by atoms with Crippen molar-refractivity contribution in [3.63, 3.8) is 0 Å². The average molecular weight is 454 g/mol. The molecular weight excluding hydrogens is 434 g/mol. The zero-order chi connectivity index (χ0) is 22.8. The average Bonchev–Trinajstić information content (AvgIpc) is 3.28. The second kappa shape index (κ2) is 8.84. The smallest absolute Gasteiger partial charge is 0.283 e. The number of nitrogens with one attached hydrogen (secondary N) is 1. The molecule has 162 valence electrons. The van der Waals surface area contributed by atoms with Gasteiger partial charge in [-0.15, -0.1) is 0 Å². The lowest BCUT2D eigenvalue weighted by Gasteiger charge is -2.20. The molecule has 8 heteroatoms. The molecule has 7 nitrogen and oxygen atoms in total. The largest absolute Gasteiger partial charge is 0.486 e. The number of aromatic nitrogens is 1. The van der Waals surface area contributed by atoms with E-state index in [1.54, 1.807) is 18.5 Å². The zero-order valence-corrected chi connectivity index (χ0v) is 18.5. The molecule has 1 amide bonds. The molecular formula is C25H19N5O2S. The van der Waals surface area contributed by atoms with Gasteiger partial charge in [0.25, 0.3) is 5.91 Å².